The van der Waals surface area contributed by atoms with Crippen molar-refractivity contribution in [3.8, 4) is 0 Å². The van der Waals surface area contributed by atoms with Crippen LogP contribution in [0.5, 0.6) is 0 Å². The second-order valence-corrected chi connectivity index (χ2v) is 6.28. The molecule has 0 radical (unpaired) electrons. The van der Waals surface area contributed by atoms with Gasteiger partial charge in [-0.15, -0.1) is 0 Å². The van der Waals surface area contributed by atoms with Crippen molar-refractivity contribution >= 4 is 11.8 Å². The fraction of sp³-hybridized carbons (Fsp3) is 0.867. The minimum atomic E-state index is -4.45. The summed E-state index contributed by atoms with van der Waals surface area (Å²) < 4.78 is 37.8. The Hall–Kier alpha value is -1.27. The van der Waals surface area contributed by atoms with Crippen LogP contribution in [0.25, 0.3) is 0 Å². The molecule has 1 aliphatic heterocycles. The third-order valence-corrected chi connectivity index (χ3v) is 4.54. The summed E-state index contributed by atoms with van der Waals surface area (Å²) in [6.07, 6.45) is 2.60. The zero-order valence-corrected chi connectivity index (χ0v) is 12.5. The number of carbonyl (C=O) groups is 2. The largest absolute Gasteiger partial charge is 0.408 e. The van der Waals surface area contributed by atoms with E-state index in [1.165, 1.54) is 6.42 Å². The van der Waals surface area contributed by atoms with E-state index in [9.17, 15) is 22.8 Å². The molecule has 1 heterocycles. The molecule has 0 bridgehead atoms. The van der Waals surface area contributed by atoms with Gasteiger partial charge in [0.2, 0.25) is 11.8 Å². The topological polar surface area (TPSA) is 58.2 Å². The van der Waals surface area contributed by atoms with Crippen LogP contribution in [0.3, 0.4) is 0 Å². The maximum absolute atomic E-state index is 12.6. The quantitative estimate of drug-likeness (QED) is 0.769. The average molecular weight is 320 g/mol. The molecule has 0 aromatic heterocycles. The summed E-state index contributed by atoms with van der Waals surface area (Å²) in [5.74, 6) is -2.23. The van der Waals surface area contributed by atoms with Crippen molar-refractivity contribution in [1.29, 1.82) is 0 Å². The molecule has 22 heavy (non-hydrogen) atoms. The van der Waals surface area contributed by atoms with Crippen LogP contribution >= 0.6 is 0 Å². The van der Waals surface area contributed by atoms with Crippen LogP contribution in [0.1, 0.15) is 57.8 Å². The number of hydrogen-bond acceptors (Lipinski definition) is 2. The fourth-order valence-electron chi connectivity index (χ4n) is 3.21. The van der Waals surface area contributed by atoms with Crippen molar-refractivity contribution in [3.63, 3.8) is 0 Å². The first-order valence-corrected chi connectivity index (χ1v) is 8.05. The minimum absolute atomic E-state index is 0.0425. The molecule has 1 aliphatic carbocycles. The molecule has 2 rings (SSSR count). The Balaban J connectivity index is 1.86. The Bertz CT molecular complexity index is 404. The van der Waals surface area contributed by atoms with Crippen molar-refractivity contribution in [2.75, 3.05) is 0 Å². The lowest BCUT2D eigenvalue weighted by atomic mass is 9.91. The zero-order chi connectivity index (χ0) is 16.2. The summed E-state index contributed by atoms with van der Waals surface area (Å²) in [6.45, 7) is 0. The van der Waals surface area contributed by atoms with E-state index in [2.05, 4.69) is 5.32 Å². The number of rotatable bonds is 2. The summed E-state index contributed by atoms with van der Waals surface area (Å²) in [5.41, 5.74) is 0. The van der Waals surface area contributed by atoms with Crippen LogP contribution in [0.2, 0.25) is 0 Å². The highest BCUT2D eigenvalue weighted by atomic mass is 19.4. The van der Waals surface area contributed by atoms with E-state index in [1.807, 2.05) is 5.32 Å². The lowest BCUT2D eigenvalue weighted by molar-refractivity contribution is -0.171. The third kappa shape index (κ3) is 4.61. The third-order valence-electron chi connectivity index (χ3n) is 4.54. The van der Waals surface area contributed by atoms with E-state index in [-0.39, 0.29) is 18.9 Å². The van der Waals surface area contributed by atoms with Gasteiger partial charge in [-0.2, -0.15) is 13.2 Å². The van der Waals surface area contributed by atoms with Gasteiger partial charge in [-0.1, -0.05) is 32.1 Å². The van der Waals surface area contributed by atoms with Crippen molar-refractivity contribution in [2.24, 2.45) is 5.92 Å². The van der Waals surface area contributed by atoms with Crippen LogP contribution < -0.4 is 10.6 Å². The van der Waals surface area contributed by atoms with Gasteiger partial charge in [0.05, 0.1) is 0 Å². The Morgan fingerprint density at radius 1 is 1.00 bits per heavy atom. The highest BCUT2D eigenvalue weighted by molar-refractivity contribution is 6.01. The fourth-order valence-corrected chi connectivity index (χ4v) is 3.21. The van der Waals surface area contributed by atoms with Crippen molar-refractivity contribution in [3.05, 3.63) is 0 Å². The van der Waals surface area contributed by atoms with Gasteiger partial charge in [0.25, 0.3) is 0 Å². The Morgan fingerprint density at radius 3 is 2.14 bits per heavy atom. The molecule has 1 saturated carbocycles. The monoisotopic (exact) mass is 320 g/mol. The maximum Gasteiger partial charge on any atom is 0.408 e. The Morgan fingerprint density at radius 2 is 1.59 bits per heavy atom. The first-order chi connectivity index (χ1) is 10.4. The lowest BCUT2D eigenvalue weighted by Crippen LogP contribution is -2.55. The van der Waals surface area contributed by atoms with E-state index in [0.717, 1.165) is 38.5 Å². The van der Waals surface area contributed by atoms with Gasteiger partial charge in [-0.05, 0) is 25.7 Å². The number of hydrogen-bond donors (Lipinski definition) is 2. The lowest BCUT2D eigenvalue weighted by Gasteiger charge is -2.31. The molecule has 7 heteroatoms. The molecule has 0 aromatic rings. The standard InChI is InChI=1S/C15H23F3N2O2/c16-15(17,18)12-9-8-11(14(22)20-12)13(21)19-10-6-4-2-1-3-5-7-10/h10-12H,1-9H2,(H,19,21)(H,20,22)/t11-,12+/m0/s1. The molecular weight excluding hydrogens is 297 g/mol. The second-order valence-electron chi connectivity index (χ2n) is 6.28. The number of halogens is 3. The van der Waals surface area contributed by atoms with Crippen molar-refractivity contribution in [2.45, 2.75) is 76.0 Å². The van der Waals surface area contributed by atoms with E-state index < -0.39 is 30.0 Å². The number of piperidine rings is 1. The van der Waals surface area contributed by atoms with Crippen LogP contribution in [-0.2, 0) is 9.59 Å². The maximum atomic E-state index is 12.6. The van der Waals surface area contributed by atoms with Crippen LogP contribution in [0.15, 0.2) is 0 Å². The van der Waals surface area contributed by atoms with Crippen LogP contribution in [0, 0.1) is 5.92 Å². The normalized spacial score (nSPS) is 28.4. The molecule has 2 N–H and O–H groups in total. The molecular formula is C15H23F3N2O2. The number of nitrogens with one attached hydrogen (secondary N) is 2. The molecule has 2 atom stereocenters. The van der Waals surface area contributed by atoms with Gasteiger partial charge >= 0.3 is 6.18 Å². The zero-order valence-electron chi connectivity index (χ0n) is 12.5. The molecule has 2 aliphatic rings. The SMILES string of the molecule is O=C(NC1CCCCCCC1)[C@@H]1CC[C@H](C(F)(F)F)NC1=O. The summed E-state index contributed by atoms with van der Waals surface area (Å²) >= 11 is 0. The number of carbonyl (C=O) groups excluding carboxylic acids is 2. The Kier molecular flexibility index (Phi) is 5.69. The summed E-state index contributed by atoms with van der Waals surface area (Å²) in [5, 5.41) is 4.78. The first kappa shape index (κ1) is 17.1. The summed E-state index contributed by atoms with van der Waals surface area (Å²) in [6, 6.07) is -1.79. The highest BCUT2D eigenvalue weighted by Gasteiger charge is 2.46. The number of alkyl halides is 3. The second kappa shape index (κ2) is 7.33. The molecule has 1 saturated heterocycles. The minimum Gasteiger partial charge on any atom is -0.353 e. The molecule has 126 valence electrons. The van der Waals surface area contributed by atoms with E-state index in [0.29, 0.717) is 0 Å². The van der Waals surface area contributed by atoms with Crippen LogP contribution in [0.4, 0.5) is 13.2 Å². The molecule has 0 unspecified atom stereocenters. The Labute approximate surface area is 128 Å². The first-order valence-electron chi connectivity index (χ1n) is 8.05. The van der Waals surface area contributed by atoms with E-state index in [1.54, 1.807) is 0 Å². The molecule has 0 spiro atoms. The van der Waals surface area contributed by atoms with Gasteiger partial charge in [-0.25, -0.2) is 0 Å². The van der Waals surface area contributed by atoms with E-state index >= 15 is 0 Å². The van der Waals surface area contributed by atoms with Gasteiger partial charge in [0.1, 0.15) is 12.0 Å². The van der Waals surface area contributed by atoms with Gasteiger partial charge in [0, 0.05) is 6.04 Å². The van der Waals surface area contributed by atoms with Crippen LogP contribution in [-0.4, -0.2) is 30.1 Å². The predicted octanol–water partition coefficient (Wildman–Crippen LogP) is 2.67. The van der Waals surface area contributed by atoms with Gasteiger partial charge < -0.3 is 10.6 Å². The molecule has 4 nitrogen and oxygen atoms in total. The number of amides is 2. The summed E-state index contributed by atoms with van der Waals surface area (Å²) in [4.78, 5) is 24.0. The highest BCUT2D eigenvalue weighted by Crippen LogP contribution is 2.28. The molecule has 2 fully saturated rings. The molecule has 2 amide bonds. The van der Waals surface area contributed by atoms with Crippen molar-refractivity contribution < 1.29 is 22.8 Å². The molecule has 0 aromatic carbocycles. The average Bonchev–Trinajstić information content (AvgIpc) is 2.40. The van der Waals surface area contributed by atoms with Gasteiger partial charge in [0.15, 0.2) is 0 Å². The van der Waals surface area contributed by atoms with Gasteiger partial charge in [-0.3, -0.25) is 9.59 Å². The van der Waals surface area contributed by atoms with Crippen molar-refractivity contribution in [1.82, 2.24) is 10.6 Å². The smallest absolute Gasteiger partial charge is 0.353 e. The summed E-state index contributed by atoms with van der Waals surface area (Å²) in [7, 11) is 0. The predicted molar refractivity (Wildman–Crippen MR) is 75.0 cm³/mol. The van der Waals surface area contributed by atoms with E-state index in [4.69, 9.17) is 0 Å².